The third kappa shape index (κ3) is 6.04. The molecule has 0 saturated heterocycles. The van der Waals surface area contributed by atoms with Crippen molar-refractivity contribution in [1.29, 1.82) is 0 Å². The lowest BCUT2D eigenvalue weighted by atomic mass is 9.93. The molecule has 0 spiro atoms. The van der Waals surface area contributed by atoms with Crippen LogP contribution in [0.2, 0.25) is 0 Å². The maximum Gasteiger partial charge on any atom is 0.304 e. The summed E-state index contributed by atoms with van der Waals surface area (Å²) in [5.41, 5.74) is 0. The molecule has 0 aliphatic heterocycles. The van der Waals surface area contributed by atoms with Crippen LogP contribution in [0.3, 0.4) is 0 Å². The van der Waals surface area contributed by atoms with E-state index >= 15 is 0 Å². The predicted octanol–water partition coefficient (Wildman–Crippen LogP) is 2.35. The molecule has 0 radical (unpaired) electrons. The molecule has 1 aliphatic rings. The van der Waals surface area contributed by atoms with E-state index in [2.05, 4.69) is 13.8 Å². The van der Waals surface area contributed by atoms with Crippen LogP contribution in [-0.2, 0) is 9.59 Å². The van der Waals surface area contributed by atoms with E-state index in [0.29, 0.717) is 25.7 Å². The first kappa shape index (κ1) is 18.0. The Balaban J connectivity index is 2.60. The van der Waals surface area contributed by atoms with Crippen LogP contribution < -0.4 is 0 Å². The molecule has 0 aromatic carbocycles. The normalized spacial score (nSPS) is 16.4. The lowest BCUT2D eigenvalue weighted by Gasteiger charge is -2.38. The molecule has 0 aromatic rings. The van der Waals surface area contributed by atoms with Crippen molar-refractivity contribution in [3.05, 3.63) is 0 Å². The quantitative estimate of drug-likeness (QED) is 0.747. The highest BCUT2D eigenvalue weighted by Gasteiger charge is 2.28. The van der Waals surface area contributed by atoms with Gasteiger partial charge in [0, 0.05) is 18.6 Å². The van der Waals surface area contributed by atoms with Crippen LogP contribution in [0.5, 0.6) is 0 Å². The number of nitrogens with zero attached hydrogens (tertiary/aromatic N) is 2. The van der Waals surface area contributed by atoms with Crippen molar-refractivity contribution < 1.29 is 14.7 Å². The van der Waals surface area contributed by atoms with Gasteiger partial charge in [0.1, 0.15) is 0 Å². The Kier molecular flexibility index (Phi) is 7.72. The van der Waals surface area contributed by atoms with Crippen molar-refractivity contribution in [3.8, 4) is 0 Å². The number of carboxylic acid groups (broad SMARTS) is 1. The molecule has 1 fully saturated rings. The van der Waals surface area contributed by atoms with Gasteiger partial charge in [0.05, 0.1) is 13.0 Å². The summed E-state index contributed by atoms with van der Waals surface area (Å²) in [7, 11) is 0. The molecule has 122 valence electrons. The first-order chi connectivity index (χ1) is 9.95. The second kappa shape index (κ2) is 9.03. The Morgan fingerprint density at radius 3 is 2.29 bits per heavy atom. The van der Waals surface area contributed by atoms with Crippen LogP contribution in [0, 0.1) is 0 Å². The van der Waals surface area contributed by atoms with Crippen LogP contribution in [0.15, 0.2) is 0 Å². The molecule has 0 unspecified atom stereocenters. The largest absolute Gasteiger partial charge is 0.481 e. The second-order valence-electron chi connectivity index (χ2n) is 6.20. The van der Waals surface area contributed by atoms with E-state index in [1.165, 1.54) is 19.3 Å². The van der Waals surface area contributed by atoms with Gasteiger partial charge in [-0.05, 0) is 33.2 Å². The number of carboxylic acids is 1. The monoisotopic (exact) mass is 298 g/mol. The summed E-state index contributed by atoms with van der Waals surface area (Å²) in [6.45, 7) is 7.58. The van der Waals surface area contributed by atoms with Gasteiger partial charge < -0.3 is 10.0 Å². The fourth-order valence-electron chi connectivity index (χ4n) is 3.15. The fraction of sp³-hybridized carbons (Fsp3) is 0.875. The van der Waals surface area contributed by atoms with Gasteiger partial charge in [0.25, 0.3) is 0 Å². The minimum Gasteiger partial charge on any atom is -0.481 e. The first-order valence-corrected chi connectivity index (χ1v) is 8.21. The van der Waals surface area contributed by atoms with Crippen LogP contribution in [0.25, 0.3) is 0 Å². The zero-order valence-corrected chi connectivity index (χ0v) is 13.7. The van der Waals surface area contributed by atoms with Crippen molar-refractivity contribution in [2.45, 2.75) is 71.4 Å². The standard InChI is InChI=1S/C16H30N2O3/c1-4-17(11-10-16(20)21)12-15(19)18(13(2)3)14-8-6-5-7-9-14/h13-14H,4-12H2,1-3H3,(H,20,21). The molecule has 0 bridgehead atoms. The van der Waals surface area contributed by atoms with Crippen molar-refractivity contribution >= 4 is 11.9 Å². The van der Waals surface area contributed by atoms with E-state index in [1.807, 2.05) is 16.7 Å². The number of carbonyl (C=O) groups excluding carboxylic acids is 1. The Morgan fingerprint density at radius 1 is 1.19 bits per heavy atom. The van der Waals surface area contributed by atoms with Gasteiger partial charge in [0.2, 0.25) is 5.91 Å². The van der Waals surface area contributed by atoms with Crippen molar-refractivity contribution in [3.63, 3.8) is 0 Å². The summed E-state index contributed by atoms with van der Waals surface area (Å²) in [6.07, 6.45) is 5.98. The summed E-state index contributed by atoms with van der Waals surface area (Å²) in [4.78, 5) is 27.3. The number of likely N-dealkylation sites (N-methyl/N-ethyl adjacent to an activating group) is 1. The molecule has 1 saturated carbocycles. The van der Waals surface area contributed by atoms with Gasteiger partial charge >= 0.3 is 5.97 Å². The van der Waals surface area contributed by atoms with Gasteiger partial charge in [-0.1, -0.05) is 26.2 Å². The molecule has 0 atom stereocenters. The number of rotatable bonds is 8. The van der Waals surface area contributed by atoms with Gasteiger partial charge in [0.15, 0.2) is 0 Å². The van der Waals surface area contributed by atoms with E-state index in [9.17, 15) is 9.59 Å². The third-order valence-corrected chi connectivity index (χ3v) is 4.26. The molecule has 1 rings (SSSR count). The van der Waals surface area contributed by atoms with Crippen LogP contribution in [-0.4, -0.2) is 58.5 Å². The molecular weight excluding hydrogens is 268 g/mol. The van der Waals surface area contributed by atoms with Gasteiger partial charge in [-0.25, -0.2) is 0 Å². The molecule has 5 heteroatoms. The van der Waals surface area contributed by atoms with Crippen molar-refractivity contribution in [1.82, 2.24) is 9.80 Å². The zero-order valence-electron chi connectivity index (χ0n) is 13.7. The summed E-state index contributed by atoms with van der Waals surface area (Å²) in [5.74, 6) is -0.668. The van der Waals surface area contributed by atoms with Gasteiger partial charge in [-0.3, -0.25) is 14.5 Å². The Morgan fingerprint density at radius 2 is 1.81 bits per heavy atom. The van der Waals surface area contributed by atoms with Crippen LogP contribution >= 0.6 is 0 Å². The molecule has 21 heavy (non-hydrogen) atoms. The van der Waals surface area contributed by atoms with Gasteiger partial charge in [-0.15, -0.1) is 0 Å². The minimum atomic E-state index is -0.811. The topological polar surface area (TPSA) is 60.9 Å². The molecule has 1 aliphatic carbocycles. The lowest BCUT2D eigenvalue weighted by molar-refractivity contribution is -0.140. The first-order valence-electron chi connectivity index (χ1n) is 8.21. The predicted molar refractivity (Wildman–Crippen MR) is 83.2 cm³/mol. The van der Waals surface area contributed by atoms with Crippen LogP contribution in [0.4, 0.5) is 0 Å². The molecule has 1 amide bonds. The van der Waals surface area contributed by atoms with E-state index in [-0.39, 0.29) is 18.4 Å². The molecule has 0 heterocycles. The Bertz CT molecular complexity index is 338. The molecule has 0 aromatic heterocycles. The van der Waals surface area contributed by atoms with Crippen molar-refractivity contribution in [2.75, 3.05) is 19.6 Å². The maximum atomic E-state index is 12.6. The van der Waals surface area contributed by atoms with E-state index < -0.39 is 5.97 Å². The zero-order chi connectivity index (χ0) is 15.8. The molecule has 1 N–H and O–H groups in total. The number of aliphatic carboxylic acids is 1. The Labute approximate surface area is 128 Å². The highest BCUT2D eigenvalue weighted by Crippen LogP contribution is 2.24. The smallest absolute Gasteiger partial charge is 0.304 e. The number of amides is 1. The summed E-state index contributed by atoms with van der Waals surface area (Å²) >= 11 is 0. The Hall–Kier alpha value is -1.10. The minimum absolute atomic E-state index is 0.0895. The molecular formula is C16H30N2O3. The lowest BCUT2D eigenvalue weighted by Crippen LogP contribution is -2.49. The number of carbonyl (C=O) groups is 2. The van der Waals surface area contributed by atoms with E-state index in [0.717, 1.165) is 12.8 Å². The summed E-state index contributed by atoms with van der Waals surface area (Å²) < 4.78 is 0. The van der Waals surface area contributed by atoms with Crippen molar-refractivity contribution in [2.24, 2.45) is 0 Å². The van der Waals surface area contributed by atoms with Crippen LogP contribution in [0.1, 0.15) is 59.3 Å². The second-order valence-corrected chi connectivity index (χ2v) is 6.20. The molecule has 5 nitrogen and oxygen atoms in total. The fourth-order valence-corrected chi connectivity index (χ4v) is 3.15. The summed E-state index contributed by atoms with van der Waals surface area (Å²) in [6, 6.07) is 0.572. The highest BCUT2D eigenvalue weighted by molar-refractivity contribution is 5.79. The SMILES string of the molecule is CCN(CCC(=O)O)CC(=O)N(C(C)C)C1CCCCC1. The number of hydrogen-bond acceptors (Lipinski definition) is 3. The maximum absolute atomic E-state index is 12.6. The number of hydrogen-bond donors (Lipinski definition) is 1. The average molecular weight is 298 g/mol. The highest BCUT2D eigenvalue weighted by atomic mass is 16.4. The van der Waals surface area contributed by atoms with E-state index in [1.54, 1.807) is 0 Å². The van der Waals surface area contributed by atoms with E-state index in [4.69, 9.17) is 5.11 Å². The van der Waals surface area contributed by atoms with Gasteiger partial charge in [-0.2, -0.15) is 0 Å². The average Bonchev–Trinajstić information content (AvgIpc) is 2.44. The third-order valence-electron chi connectivity index (χ3n) is 4.26. The summed E-state index contributed by atoms with van der Waals surface area (Å²) in [5, 5.41) is 8.77.